The highest BCUT2D eigenvalue weighted by molar-refractivity contribution is 7.98. The summed E-state index contributed by atoms with van der Waals surface area (Å²) in [5, 5.41) is 21.7. The van der Waals surface area contributed by atoms with Gasteiger partial charge in [-0.25, -0.2) is 4.98 Å². The minimum absolute atomic E-state index is 0.0728. The third kappa shape index (κ3) is 4.63. The number of thioether (sulfide) groups is 1. The van der Waals surface area contributed by atoms with Crippen LogP contribution in [-0.4, -0.2) is 19.6 Å². The second-order valence-corrected chi connectivity index (χ2v) is 7.02. The molecule has 0 saturated heterocycles. The number of halogens is 1. The molecule has 0 radical (unpaired) electrons. The van der Waals surface area contributed by atoms with Crippen molar-refractivity contribution < 1.29 is 10.0 Å². The van der Waals surface area contributed by atoms with Gasteiger partial charge in [-0.05, 0) is 23.3 Å². The number of hydrogen-bond donors (Lipinski definition) is 1. The molecule has 134 valence electrons. The molecule has 0 saturated carbocycles. The summed E-state index contributed by atoms with van der Waals surface area (Å²) in [6.45, 7) is 0.458. The van der Waals surface area contributed by atoms with Crippen molar-refractivity contribution in [1.29, 1.82) is 0 Å². The monoisotopic (exact) mass is 389 g/mol. The van der Waals surface area contributed by atoms with Crippen molar-refractivity contribution in [3.05, 3.63) is 86.7 Å². The second kappa shape index (κ2) is 8.35. The SMILES string of the molecule is O=[N+]([O-])c1cccc(CSc2nc(CO)cn2Cc2ccc(Cl)cc2)c1. The van der Waals surface area contributed by atoms with E-state index in [1.807, 2.05) is 41.1 Å². The van der Waals surface area contributed by atoms with Gasteiger partial charge in [0.25, 0.3) is 5.69 Å². The first-order chi connectivity index (χ1) is 12.5. The summed E-state index contributed by atoms with van der Waals surface area (Å²) < 4.78 is 1.96. The fourth-order valence-corrected chi connectivity index (χ4v) is 3.52. The Kier molecular flexibility index (Phi) is 5.92. The maximum atomic E-state index is 10.9. The van der Waals surface area contributed by atoms with Gasteiger partial charge in [0.2, 0.25) is 0 Å². The summed E-state index contributed by atoms with van der Waals surface area (Å²) in [6.07, 6.45) is 1.81. The van der Waals surface area contributed by atoms with Crippen molar-refractivity contribution in [3.8, 4) is 0 Å². The minimum atomic E-state index is -0.403. The number of nitro groups is 1. The number of aromatic nitrogens is 2. The smallest absolute Gasteiger partial charge is 0.269 e. The fourth-order valence-electron chi connectivity index (χ4n) is 2.45. The number of imidazole rings is 1. The van der Waals surface area contributed by atoms with E-state index in [-0.39, 0.29) is 12.3 Å². The van der Waals surface area contributed by atoms with Crippen LogP contribution in [0.1, 0.15) is 16.8 Å². The summed E-state index contributed by atoms with van der Waals surface area (Å²) in [5.74, 6) is 0.546. The van der Waals surface area contributed by atoms with Gasteiger partial charge in [-0.3, -0.25) is 10.1 Å². The first-order valence-electron chi connectivity index (χ1n) is 7.82. The van der Waals surface area contributed by atoms with Crippen molar-refractivity contribution in [2.45, 2.75) is 24.1 Å². The predicted molar refractivity (Wildman–Crippen MR) is 101 cm³/mol. The van der Waals surface area contributed by atoms with Crippen molar-refractivity contribution >= 4 is 29.1 Å². The van der Waals surface area contributed by atoms with Crippen molar-refractivity contribution in [3.63, 3.8) is 0 Å². The van der Waals surface area contributed by atoms with Crippen molar-refractivity contribution in [1.82, 2.24) is 9.55 Å². The van der Waals surface area contributed by atoms with Gasteiger partial charge >= 0.3 is 0 Å². The molecule has 0 aliphatic heterocycles. The van der Waals surface area contributed by atoms with Crippen LogP contribution in [0.5, 0.6) is 0 Å². The van der Waals surface area contributed by atoms with Crippen molar-refractivity contribution in [2.24, 2.45) is 0 Å². The van der Waals surface area contributed by atoms with Crippen LogP contribution in [0.3, 0.4) is 0 Å². The zero-order chi connectivity index (χ0) is 18.5. The van der Waals surface area contributed by atoms with Crippen LogP contribution in [0.4, 0.5) is 5.69 Å². The lowest BCUT2D eigenvalue weighted by Crippen LogP contribution is -2.00. The lowest BCUT2D eigenvalue weighted by Gasteiger charge is -2.08. The first kappa shape index (κ1) is 18.4. The molecule has 1 heterocycles. The van der Waals surface area contributed by atoms with E-state index in [2.05, 4.69) is 4.98 Å². The van der Waals surface area contributed by atoms with Gasteiger partial charge in [-0.15, -0.1) is 0 Å². The normalized spacial score (nSPS) is 10.8. The molecule has 0 fully saturated rings. The molecule has 0 unspecified atom stereocenters. The molecule has 1 aromatic heterocycles. The predicted octanol–water partition coefficient (Wildman–Crippen LogP) is 4.28. The molecule has 0 spiro atoms. The average Bonchev–Trinajstić information content (AvgIpc) is 3.04. The molecule has 3 aromatic rings. The molecular weight excluding hydrogens is 374 g/mol. The molecule has 3 rings (SSSR count). The van der Waals surface area contributed by atoms with Gasteiger partial charge in [0, 0.05) is 35.6 Å². The van der Waals surface area contributed by atoms with Crippen LogP contribution in [0.2, 0.25) is 5.02 Å². The zero-order valence-corrected chi connectivity index (χ0v) is 15.3. The molecule has 0 aliphatic carbocycles. The Bertz CT molecular complexity index is 912. The third-order valence-corrected chi connectivity index (χ3v) is 5.02. The third-order valence-electron chi connectivity index (χ3n) is 3.71. The lowest BCUT2D eigenvalue weighted by atomic mass is 10.2. The Morgan fingerprint density at radius 1 is 1.19 bits per heavy atom. The van der Waals surface area contributed by atoms with E-state index in [0.717, 1.165) is 16.3 Å². The zero-order valence-electron chi connectivity index (χ0n) is 13.7. The number of rotatable bonds is 7. The number of nitro benzene ring substituents is 1. The van der Waals surface area contributed by atoms with E-state index in [9.17, 15) is 15.2 Å². The Balaban J connectivity index is 1.76. The largest absolute Gasteiger partial charge is 0.390 e. The number of aliphatic hydroxyl groups is 1. The summed E-state index contributed by atoms with van der Waals surface area (Å²) in [5.41, 5.74) is 2.56. The fraction of sp³-hybridized carbons (Fsp3) is 0.167. The molecule has 2 aromatic carbocycles. The number of aliphatic hydroxyl groups excluding tert-OH is 1. The molecule has 26 heavy (non-hydrogen) atoms. The topological polar surface area (TPSA) is 81.2 Å². The molecule has 6 nitrogen and oxygen atoms in total. The van der Waals surface area contributed by atoms with E-state index >= 15 is 0 Å². The molecule has 0 atom stereocenters. The average molecular weight is 390 g/mol. The van der Waals surface area contributed by atoms with Crippen molar-refractivity contribution in [2.75, 3.05) is 0 Å². The quantitative estimate of drug-likeness (QED) is 0.370. The highest BCUT2D eigenvalue weighted by atomic mass is 35.5. The van der Waals surface area contributed by atoms with E-state index in [4.69, 9.17) is 11.6 Å². The number of hydrogen-bond acceptors (Lipinski definition) is 5. The van der Waals surface area contributed by atoms with E-state index in [1.165, 1.54) is 17.8 Å². The standard InChI is InChI=1S/C18H16ClN3O3S/c19-15-6-4-13(5-7-15)9-21-10-16(11-23)20-18(21)26-12-14-2-1-3-17(8-14)22(24)25/h1-8,10,23H,9,11-12H2. The second-order valence-electron chi connectivity index (χ2n) is 5.64. The van der Waals surface area contributed by atoms with Gasteiger partial charge in [-0.2, -0.15) is 0 Å². The van der Waals surface area contributed by atoms with E-state index in [0.29, 0.717) is 23.0 Å². The van der Waals surface area contributed by atoms with E-state index in [1.54, 1.807) is 12.1 Å². The van der Waals surface area contributed by atoms with Gasteiger partial charge in [0.1, 0.15) is 0 Å². The van der Waals surface area contributed by atoms with Crippen LogP contribution < -0.4 is 0 Å². The van der Waals surface area contributed by atoms with E-state index < -0.39 is 4.92 Å². The first-order valence-corrected chi connectivity index (χ1v) is 9.19. The molecule has 0 bridgehead atoms. The van der Waals surface area contributed by atoms with Crippen LogP contribution in [0.15, 0.2) is 59.9 Å². The van der Waals surface area contributed by atoms with Crippen LogP contribution in [0, 0.1) is 10.1 Å². The Hall–Kier alpha value is -2.35. The summed E-state index contributed by atoms with van der Waals surface area (Å²) in [6, 6.07) is 14.1. The number of non-ortho nitro benzene ring substituents is 1. The summed E-state index contributed by atoms with van der Waals surface area (Å²) in [7, 11) is 0. The number of nitrogens with zero attached hydrogens (tertiary/aromatic N) is 3. The molecule has 1 N–H and O–H groups in total. The van der Waals surface area contributed by atoms with Gasteiger partial charge in [-0.1, -0.05) is 47.6 Å². The number of benzene rings is 2. The molecule has 0 amide bonds. The Labute approximate surface area is 159 Å². The van der Waals surface area contributed by atoms with Crippen LogP contribution in [-0.2, 0) is 18.9 Å². The molecule has 8 heteroatoms. The maximum Gasteiger partial charge on any atom is 0.269 e. The van der Waals surface area contributed by atoms with Gasteiger partial charge in [0.05, 0.1) is 17.2 Å². The summed E-state index contributed by atoms with van der Waals surface area (Å²) in [4.78, 5) is 14.9. The lowest BCUT2D eigenvalue weighted by molar-refractivity contribution is -0.384. The highest BCUT2D eigenvalue weighted by Gasteiger charge is 2.11. The Morgan fingerprint density at radius 3 is 2.65 bits per heavy atom. The van der Waals surface area contributed by atoms with Gasteiger partial charge in [0.15, 0.2) is 5.16 Å². The van der Waals surface area contributed by atoms with Crippen LogP contribution in [0.25, 0.3) is 0 Å². The van der Waals surface area contributed by atoms with Gasteiger partial charge < -0.3 is 9.67 Å². The minimum Gasteiger partial charge on any atom is -0.390 e. The molecule has 0 aliphatic rings. The highest BCUT2D eigenvalue weighted by Crippen LogP contribution is 2.25. The maximum absolute atomic E-state index is 10.9. The van der Waals surface area contributed by atoms with Crippen LogP contribution >= 0.6 is 23.4 Å². The summed E-state index contributed by atoms with van der Waals surface area (Å²) >= 11 is 7.39. The molecular formula is C18H16ClN3O3S. The Morgan fingerprint density at radius 2 is 1.96 bits per heavy atom.